The van der Waals surface area contributed by atoms with E-state index in [1.807, 2.05) is 20.8 Å². The molecule has 1 heterocycles. The van der Waals surface area contributed by atoms with Crippen molar-refractivity contribution in [2.24, 2.45) is 0 Å². The van der Waals surface area contributed by atoms with E-state index in [-0.39, 0.29) is 16.9 Å². The van der Waals surface area contributed by atoms with Gasteiger partial charge in [0.1, 0.15) is 5.75 Å². The Morgan fingerprint density at radius 1 is 1.50 bits per heavy atom. The molecule has 0 aliphatic rings. The summed E-state index contributed by atoms with van der Waals surface area (Å²) < 4.78 is 4.51. The van der Waals surface area contributed by atoms with E-state index in [0.717, 1.165) is 5.69 Å². The monoisotopic (exact) mass is 197 g/mol. The van der Waals surface area contributed by atoms with Crippen LogP contribution in [0.3, 0.4) is 0 Å². The molecule has 1 aromatic heterocycles. The van der Waals surface area contributed by atoms with Crippen LogP contribution in [0.5, 0.6) is 5.75 Å². The van der Waals surface area contributed by atoms with E-state index in [2.05, 4.69) is 9.72 Å². The Labute approximate surface area is 82.9 Å². The molecule has 0 amide bonds. The van der Waals surface area contributed by atoms with Crippen LogP contribution in [0.1, 0.15) is 37.0 Å². The Hall–Kier alpha value is -1.45. The molecule has 1 rings (SSSR count). The second-order valence-electron chi connectivity index (χ2n) is 4.18. The molecule has 4 nitrogen and oxygen atoms in total. The number of nitrogens with one attached hydrogen (secondary N) is 1. The van der Waals surface area contributed by atoms with Gasteiger partial charge in [-0.2, -0.15) is 0 Å². The smallest absolute Gasteiger partial charge is 0.358 e. The molecular weight excluding hydrogens is 182 g/mol. The van der Waals surface area contributed by atoms with Crippen molar-refractivity contribution >= 4 is 5.97 Å². The predicted molar refractivity (Wildman–Crippen MR) is 52.5 cm³/mol. The van der Waals surface area contributed by atoms with Gasteiger partial charge >= 0.3 is 5.97 Å². The van der Waals surface area contributed by atoms with Gasteiger partial charge in [0.05, 0.1) is 7.11 Å². The molecule has 0 radical (unpaired) electrons. The zero-order chi connectivity index (χ0) is 10.9. The van der Waals surface area contributed by atoms with Gasteiger partial charge in [0.15, 0.2) is 5.69 Å². The number of rotatable bonds is 1. The first-order chi connectivity index (χ1) is 6.36. The van der Waals surface area contributed by atoms with Gasteiger partial charge in [-0.1, -0.05) is 20.8 Å². The standard InChI is InChI=1S/C10H15NO3/c1-10(2,3)7-5-6(12)8(11-7)9(13)14-4/h5,11-12H,1-4H3. The van der Waals surface area contributed by atoms with E-state index in [1.54, 1.807) is 6.07 Å². The first-order valence-electron chi connectivity index (χ1n) is 4.37. The van der Waals surface area contributed by atoms with Crippen LogP contribution in [0.4, 0.5) is 0 Å². The highest BCUT2D eigenvalue weighted by atomic mass is 16.5. The third kappa shape index (κ3) is 1.89. The van der Waals surface area contributed by atoms with Crippen LogP contribution >= 0.6 is 0 Å². The molecule has 0 atom stereocenters. The summed E-state index contributed by atoms with van der Waals surface area (Å²) in [5.41, 5.74) is 0.775. The summed E-state index contributed by atoms with van der Waals surface area (Å²) in [4.78, 5) is 14.0. The van der Waals surface area contributed by atoms with Gasteiger partial charge < -0.3 is 14.8 Å². The molecule has 0 aromatic carbocycles. The number of methoxy groups -OCH3 is 1. The maximum Gasteiger partial charge on any atom is 0.358 e. The van der Waals surface area contributed by atoms with Gasteiger partial charge in [-0.3, -0.25) is 0 Å². The zero-order valence-corrected chi connectivity index (χ0v) is 8.84. The summed E-state index contributed by atoms with van der Waals surface area (Å²) in [7, 11) is 1.28. The fourth-order valence-electron chi connectivity index (χ4n) is 1.11. The summed E-state index contributed by atoms with van der Waals surface area (Å²) in [6.07, 6.45) is 0. The number of carbonyl (C=O) groups is 1. The van der Waals surface area contributed by atoms with Gasteiger partial charge in [-0.15, -0.1) is 0 Å². The third-order valence-electron chi connectivity index (χ3n) is 1.99. The third-order valence-corrected chi connectivity index (χ3v) is 1.99. The molecule has 0 unspecified atom stereocenters. The highest BCUT2D eigenvalue weighted by Gasteiger charge is 2.22. The first kappa shape index (κ1) is 10.6. The second kappa shape index (κ2) is 3.36. The number of esters is 1. The molecule has 4 heteroatoms. The van der Waals surface area contributed by atoms with Crippen molar-refractivity contribution in [2.45, 2.75) is 26.2 Å². The van der Waals surface area contributed by atoms with Crippen LogP contribution in [0.15, 0.2) is 6.07 Å². The summed E-state index contributed by atoms with van der Waals surface area (Å²) in [5.74, 6) is -0.625. The Balaban J connectivity index is 3.12. The van der Waals surface area contributed by atoms with Crippen molar-refractivity contribution in [1.29, 1.82) is 0 Å². The van der Waals surface area contributed by atoms with E-state index in [1.165, 1.54) is 7.11 Å². The molecule has 1 aromatic rings. The highest BCUT2D eigenvalue weighted by molar-refractivity contribution is 5.90. The molecule has 0 saturated carbocycles. The van der Waals surface area contributed by atoms with Crippen molar-refractivity contribution in [3.63, 3.8) is 0 Å². The lowest BCUT2D eigenvalue weighted by Crippen LogP contribution is -2.12. The maximum absolute atomic E-state index is 11.2. The lowest BCUT2D eigenvalue weighted by Gasteiger charge is -2.15. The molecule has 0 aliphatic carbocycles. The molecule has 14 heavy (non-hydrogen) atoms. The summed E-state index contributed by atoms with van der Waals surface area (Å²) in [5, 5.41) is 9.46. The fraction of sp³-hybridized carbons (Fsp3) is 0.500. The zero-order valence-electron chi connectivity index (χ0n) is 8.84. The molecule has 2 N–H and O–H groups in total. The Morgan fingerprint density at radius 3 is 2.43 bits per heavy atom. The van der Waals surface area contributed by atoms with Crippen LogP contribution in [0.25, 0.3) is 0 Å². The van der Waals surface area contributed by atoms with Gasteiger partial charge in [-0.25, -0.2) is 4.79 Å². The van der Waals surface area contributed by atoms with E-state index >= 15 is 0 Å². The predicted octanol–water partition coefficient (Wildman–Crippen LogP) is 1.80. The number of aromatic amines is 1. The Morgan fingerprint density at radius 2 is 2.07 bits per heavy atom. The van der Waals surface area contributed by atoms with Crippen molar-refractivity contribution in [3.8, 4) is 5.75 Å². The lowest BCUT2D eigenvalue weighted by molar-refractivity contribution is 0.0591. The minimum atomic E-state index is -0.557. The van der Waals surface area contributed by atoms with Gasteiger partial charge in [0.2, 0.25) is 0 Å². The molecular formula is C10H15NO3. The van der Waals surface area contributed by atoms with Crippen molar-refractivity contribution in [1.82, 2.24) is 4.98 Å². The average Bonchev–Trinajstić information content (AvgIpc) is 2.45. The van der Waals surface area contributed by atoms with Crippen LogP contribution < -0.4 is 0 Å². The largest absolute Gasteiger partial charge is 0.505 e. The molecule has 0 saturated heterocycles. The maximum atomic E-state index is 11.2. The minimum Gasteiger partial charge on any atom is -0.505 e. The first-order valence-corrected chi connectivity index (χ1v) is 4.37. The van der Waals surface area contributed by atoms with E-state index < -0.39 is 5.97 Å². The molecule has 0 spiro atoms. The number of H-pyrrole nitrogens is 1. The van der Waals surface area contributed by atoms with Gasteiger partial charge in [-0.05, 0) is 0 Å². The number of hydrogen-bond acceptors (Lipinski definition) is 3. The number of ether oxygens (including phenoxy) is 1. The van der Waals surface area contributed by atoms with Crippen molar-refractivity contribution in [3.05, 3.63) is 17.5 Å². The quantitative estimate of drug-likeness (QED) is 0.675. The number of carbonyl (C=O) groups excluding carboxylic acids is 1. The fourth-order valence-corrected chi connectivity index (χ4v) is 1.11. The van der Waals surface area contributed by atoms with E-state index in [4.69, 9.17) is 0 Å². The SMILES string of the molecule is COC(=O)c1[nH]c(C(C)(C)C)cc1O. The van der Waals surface area contributed by atoms with Crippen LogP contribution in [-0.4, -0.2) is 23.2 Å². The molecule has 0 bridgehead atoms. The molecule has 0 fully saturated rings. The summed E-state index contributed by atoms with van der Waals surface area (Å²) >= 11 is 0. The van der Waals surface area contributed by atoms with Crippen LogP contribution in [0, 0.1) is 0 Å². The Bertz CT molecular complexity index is 347. The van der Waals surface area contributed by atoms with Gasteiger partial charge in [0.25, 0.3) is 0 Å². The number of aromatic hydroxyl groups is 1. The molecule has 0 aliphatic heterocycles. The van der Waals surface area contributed by atoms with E-state index in [9.17, 15) is 9.90 Å². The van der Waals surface area contributed by atoms with Gasteiger partial charge in [0, 0.05) is 17.2 Å². The normalized spacial score (nSPS) is 11.4. The van der Waals surface area contributed by atoms with Crippen LogP contribution in [-0.2, 0) is 10.2 Å². The summed E-state index contributed by atoms with van der Waals surface area (Å²) in [6, 6.07) is 1.55. The second-order valence-corrected chi connectivity index (χ2v) is 4.18. The minimum absolute atomic E-state index is 0.0678. The van der Waals surface area contributed by atoms with Crippen molar-refractivity contribution < 1.29 is 14.6 Å². The Kier molecular flexibility index (Phi) is 2.55. The lowest BCUT2D eigenvalue weighted by atomic mass is 9.93. The van der Waals surface area contributed by atoms with Crippen LogP contribution in [0.2, 0.25) is 0 Å². The average molecular weight is 197 g/mol. The van der Waals surface area contributed by atoms with E-state index in [0.29, 0.717) is 0 Å². The van der Waals surface area contributed by atoms with Crippen molar-refractivity contribution in [2.75, 3.05) is 7.11 Å². The topological polar surface area (TPSA) is 62.3 Å². The summed E-state index contributed by atoms with van der Waals surface area (Å²) in [6.45, 7) is 5.96. The molecule has 78 valence electrons. The number of hydrogen-bond donors (Lipinski definition) is 2. The highest BCUT2D eigenvalue weighted by Crippen LogP contribution is 2.27. The number of aromatic nitrogens is 1.